The van der Waals surface area contributed by atoms with E-state index in [1.54, 1.807) is 12.1 Å². The molecule has 5 nitrogen and oxygen atoms in total. The minimum absolute atomic E-state index is 0.0259. The Morgan fingerprint density at radius 2 is 1.67 bits per heavy atom. The number of carboxylic acids is 1. The van der Waals surface area contributed by atoms with E-state index in [0.29, 0.717) is 38.0 Å². The fourth-order valence-corrected chi connectivity index (χ4v) is 5.31. The van der Waals surface area contributed by atoms with Crippen molar-refractivity contribution in [3.8, 4) is 28.4 Å². The van der Waals surface area contributed by atoms with Crippen molar-refractivity contribution in [1.82, 2.24) is 0 Å². The monoisotopic (exact) mass is 576 g/mol. The average molecular weight is 578 g/mol. The van der Waals surface area contributed by atoms with Gasteiger partial charge in [0.05, 0.1) is 8.95 Å². The van der Waals surface area contributed by atoms with Gasteiger partial charge in [0, 0.05) is 23.1 Å². The maximum absolute atomic E-state index is 11.1. The second-order valence-corrected chi connectivity index (χ2v) is 9.79. The lowest BCUT2D eigenvalue weighted by Gasteiger charge is -2.22. The maximum atomic E-state index is 11.1. The number of hydrogen-bond acceptors (Lipinski definition) is 4. The number of benzene rings is 3. The molecule has 3 N–H and O–H groups in total. The second-order valence-electron chi connectivity index (χ2n) is 8.09. The van der Waals surface area contributed by atoms with Crippen molar-refractivity contribution in [3.05, 3.63) is 74.2 Å². The highest BCUT2D eigenvalue weighted by atomic mass is 79.9. The fraction of sp³-hybridized carbons (Fsp3) is 0.269. The number of ether oxygens (including phenoxy) is 1. The summed E-state index contributed by atoms with van der Waals surface area (Å²) in [6.45, 7) is 6.11. The summed E-state index contributed by atoms with van der Waals surface area (Å²) in [6, 6.07) is 15.0. The normalized spacial score (nSPS) is 12.1. The molecule has 0 bridgehead atoms. The third kappa shape index (κ3) is 5.60. The highest BCUT2D eigenvalue weighted by molar-refractivity contribution is 9.11. The smallest absolute Gasteiger partial charge is 0.332 e. The average Bonchev–Trinajstić information content (AvgIpc) is 2.76. The quantitative estimate of drug-likeness (QED) is 0.267. The Balaban J connectivity index is 2.11. The first-order valence-electron chi connectivity index (χ1n) is 10.6. The van der Waals surface area contributed by atoms with Crippen LogP contribution in [0.25, 0.3) is 11.1 Å². The van der Waals surface area contributed by atoms with E-state index in [1.165, 1.54) is 0 Å². The Morgan fingerprint density at radius 1 is 1.06 bits per heavy atom. The summed E-state index contributed by atoms with van der Waals surface area (Å²) in [4.78, 5) is 11.0. The topological polar surface area (TPSA) is 87.0 Å². The van der Waals surface area contributed by atoms with E-state index >= 15 is 0 Å². The van der Waals surface area contributed by atoms with Crippen LogP contribution in [-0.4, -0.2) is 27.4 Å². The molecule has 0 aliphatic rings. The summed E-state index contributed by atoms with van der Waals surface area (Å²) in [5.41, 5.74) is 4.00. The molecule has 0 spiro atoms. The molecule has 0 radical (unpaired) electrons. The van der Waals surface area contributed by atoms with Crippen LogP contribution in [0.2, 0.25) is 0 Å². The van der Waals surface area contributed by atoms with Crippen LogP contribution in [0.5, 0.6) is 17.2 Å². The maximum Gasteiger partial charge on any atom is 0.332 e. The van der Waals surface area contributed by atoms with E-state index in [-0.39, 0.29) is 18.1 Å². The molecule has 0 aliphatic heterocycles. The molecule has 0 saturated carbocycles. The van der Waals surface area contributed by atoms with Gasteiger partial charge in [0.1, 0.15) is 11.5 Å². The zero-order chi connectivity index (χ0) is 24.3. The summed E-state index contributed by atoms with van der Waals surface area (Å²) in [7, 11) is 0. The third-order valence-corrected chi connectivity index (χ3v) is 6.59. The number of hydrogen-bond donors (Lipinski definition) is 3. The van der Waals surface area contributed by atoms with Crippen molar-refractivity contribution < 1.29 is 24.9 Å². The number of phenols is 1. The second kappa shape index (κ2) is 10.7. The molecule has 0 heterocycles. The number of aliphatic hydroxyl groups is 1. The van der Waals surface area contributed by atoms with Gasteiger partial charge in [-0.25, -0.2) is 4.79 Å². The van der Waals surface area contributed by atoms with Crippen LogP contribution in [0.4, 0.5) is 0 Å². The number of halogens is 2. The predicted octanol–water partition coefficient (Wildman–Crippen LogP) is 7.05. The number of carbonyl (C=O) groups is 1. The Bertz CT molecular complexity index is 1140. The van der Waals surface area contributed by atoms with Gasteiger partial charge in [-0.05, 0) is 73.5 Å². The van der Waals surface area contributed by atoms with Crippen LogP contribution >= 0.6 is 31.9 Å². The molecule has 0 amide bonds. The van der Waals surface area contributed by atoms with Crippen molar-refractivity contribution in [2.75, 3.05) is 0 Å². The van der Waals surface area contributed by atoms with Gasteiger partial charge in [0.15, 0.2) is 11.9 Å². The van der Waals surface area contributed by atoms with Crippen molar-refractivity contribution in [2.45, 2.75) is 45.6 Å². The number of aliphatic carboxylic acids is 1. The molecule has 7 heteroatoms. The van der Waals surface area contributed by atoms with E-state index in [1.807, 2.05) is 57.2 Å². The molecule has 1 atom stereocenters. The standard InChI is InChI=1S/C26H26Br2O5/c1-4-17-22(13-18(16-8-6-5-7-9-16)24(30)23(17)14(2)3)33-25-19(27)10-15(11-20(25)28)12-21(29)26(31)32/h5-11,13-14,21,29-30H,4,12H2,1-3H3,(H,31,32). The first-order chi connectivity index (χ1) is 15.6. The summed E-state index contributed by atoms with van der Waals surface area (Å²) in [6.07, 6.45) is -0.840. The predicted molar refractivity (Wildman–Crippen MR) is 136 cm³/mol. The highest BCUT2D eigenvalue weighted by Crippen LogP contribution is 2.46. The summed E-state index contributed by atoms with van der Waals surface area (Å²) >= 11 is 7.04. The van der Waals surface area contributed by atoms with Gasteiger partial charge in [-0.2, -0.15) is 0 Å². The lowest BCUT2D eigenvalue weighted by atomic mass is 9.89. The number of phenolic OH excluding ortho intramolecular Hbond substituents is 1. The molecule has 0 saturated heterocycles. The van der Waals surface area contributed by atoms with Gasteiger partial charge in [0.25, 0.3) is 0 Å². The molecular formula is C26H26Br2O5. The van der Waals surface area contributed by atoms with E-state index in [9.17, 15) is 15.0 Å². The number of rotatable bonds is 8. The van der Waals surface area contributed by atoms with Crippen molar-refractivity contribution in [3.63, 3.8) is 0 Å². The first kappa shape index (κ1) is 25.3. The Morgan fingerprint density at radius 3 is 2.18 bits per heavy atom. The van der Waals surface area contributed by atoms with Crippen LogP contribution in [0.3, 0.4) is 0 Å². The third-order valence-electron chi connectivity index (χ3n) is 5.41. The lowest BCUT2D eigenvalue weighted by Crippen LogP contribution is -2.21. The summed E-state index contributed by atoms with van der Waals surface area (Å²) in [5.74, 6) is 0.235. The van der Waals surface area contributed by atoms with Crippen molar-refractivity contribution >= 4 is 37.8 Å². The van der Waals surface area contributed by atoms with Gasteiger partial charge >= 0.3 is 5.97 Å². The Kier molecular flexibility index (Phi) is 8.21. The van der Waals surface area contributed by atoms with Gasteiger partial charge in [-0.1, -0.05) is 51.1 Å². The molecule has 33 heavy (non-hydrogen) atoms. The molecule has 174 valence electrons. The van der Waals surface area contributed by atoms with Crippen LogP contribution in [0.1, 0.15) is 43.4 Å². The lowest BCUT2D eigenvalue weighted by molar-refractivity contribution is -0.146. The first-order valence-corrected chi connectivity index (χ1v) is 12.2. The molecular weight excluding hydrogens is 552 g/mol. The molecule has 0 fully saturated rings. The number of aromatic hydroxyl groups is 1. The minimum Gasteiger partial charge on any atom is -0.507 e. The largest absolute Gasteiger partial charge is 0.507 e. The summed E-state index contributed by atoms with van der Waals surface area (Å²) in [5, 5.41) is 29.8. The fourth-order valence-electron chi connectivity index (χ4n) is 3.87. The zero-order valence-corrected chi connectivity index (χ0v) is 21.8. The molecule has 3 aromatic carbocycles. The van der Waals surface area contributed by atoms with Gasteiger partial charge < -0.3 is 20.1 Å². The van der Waals surface area contributed by atoms with Crippen molar-refractivity contribution in [1.29, 1.82) is 0 Å². The van der Waals surface area contributed by atoms with Crippen LogP contribution < -0.4 is 4.74 Å². The van der Waals surface area contributed by atoms with Crippen molar-refractivity contribution in [2.24, 2.45) is 0 Å². The van der Waals surface area contributed by atoms with Gasteiger partial charge in [-0.15, -0.1) is 0 Å². The SMILES string of the molecule is CCc1c(Oc2c(Br)cc(CC(O)C(=O)O)cc2Br)cc(-c2ccccc2)c(O)c1C(C)C. The molecule has 0 aromatic heterocycles. The van der Waals surface area contributed by atoms with Crippen LogP contribution in [0, 0.1) is 0 Å². The minimum atomic E-state index is -1.48. The van der Waals surface area contributed by atoms with E-state index < -0.39 is 12.1 Å². The summed E-state index contributed by atoms with van der Waals surface area (Å²) < 4.78 is 7.63. The molecule has 3 rings (SSSR count). The van der Waals surface area contributed by atoms with Gasteiger partial charge in [-0.3, -0.25) is 0 Å². The van der Waals surface area contributed by atoms with Gasteiger partial charge in [0.2, 0.25) is 0 Å². The van der Waals surface area contributed by atoms with E-state index in [2.05, 4.69) is 31.9 Å². The molecule has 0 aliphatic carbocycles. The Hall–Kier alpha value is -2.35. The van der Waals surface area contributed by atoms with Crippen LogP contribution in [-0.2, 0) is 17.6 Å². The molecule has 1 unspecified atom stereocenters. The zero-order valence-electron chi connectivity index (χ0n) is 18.6. The number of aliphatic hydroxyl groups excluding tert-OH is 1. The van der Waals surface area contributed by atoms with E-state index in [4.69, 9.17) is 9.84 Å². The highest BCUT2D eigenvalue weighted by Gasteiger charge is 2.23. The van der Waals surface area contributed by atoms with Crippen LogP contribution in [0.15, 0.2) is 57.5 Å². The van der Waals surface area contributed by atoms with E-state index in [0.717, 1.165) is 16.7 Å². The Labute approximate surface area is 210 Å². The molecule has 3 aromatic rings. The number of carboxylic acid groups (broad SMARTS) is 1.